The van der Waals surface area contributed by atoms with Crippen LogP contribution in [0.4, 0.5) is 23.0 Å². The van der Waals surface area contributed by atoms with Gasteiger partial charge in [0.15, 0.2) is 23.2 Å². The van der Waals surface area contributed by atoms with Gasteiger partial charge >= 0.3 is 7.12 Å². The number of benzene rings is 4. The lowest BCUT2D eigenvalue weighted by Gasteiger charge is -2.09. The Bertz CT molecular complexity index is 3130. The first kappa shape index (κ1) is 54.8. The van der Waals surface area contributed by atoms with Crippen molar-refractivity contribution in [2.24, 2.45) is 0 Å². The lowest BCUT2D eigenvalue weighted by Crippen LogP contribution is -2.29. The number of amides is 4. The third kappa shape index (κ3) is 16.8. The molecule has 0 aliphatic heterocycles. The van der Waals surface area contributed by atoms with Crippen LogP contribution < -0.4 is 37.0 Å². The Kier molecular flexibility index (Phi) is 19.2. The van der Waals surface area contributed by atoms with Crippen LogP contribution in [0.3, 0.4) is 0 Å². The van der Waals surface area contributed by atoms with Crippen molar-refractivity contribution in [3.63, 3.8) is 0 Å². The highest BCUT2D eigenvalue weighted by molar-refractivity contribution is 9.10. The van der Waals surface area contributed by atoms with Gasteiger partial charge in [-0.3, -0.25) is 28.8 Å². The lowest BCUT2D eigenvalue weighted by atomic mass is 9.80. The monoisotopic (exact) mass is 1060 g/mol. The smallest absolute Gasteiger partial charge is 0.423 e. The van der Waals surface area contributed by atoms with Crippen molar-refractivity contribution >= 4 is 107 Å². The Morgan fingerprint density at radius 3 is 1.33 bits per heavy atom. The molecule has 0 unspecified atom stereocenters. The normalized spacial score (nSPS) is 10.7. The average molecular weight is 1060 g/mol. The van der Waals surface area contributed by atoms with Crippen LogP contribution in [-0.2, 0) is 52.1 Å². The van der Waals surface area contributed by atoms with Crippen LogP contribution in [0.2, 0.25) is 0 Å². The van der Waals surface area contributed by atoms with E-state index in [9.17, 15) is 45.6 Å². The Morgan fingerprint density at radius 1 is 0.557 bits per heavy atom. The molecule has 4 amide bonds. The molecule has 0 saturated heterocycles. The number of anilines is 4. The van der Waals surface area contributed by atoms with E-state index in [1.54, 1.807) is 36.4 Å². The number of nitrogens with two attached hydrogens (primary N) is 2. The van der Waals surface area contributed by atoms with Crippen LogP contribution in [0.5, 0.6) is 0 Å². The highest BCUT2D eigenvalue weighted by atomic mass is 79.9. The van der Waals surface area contributed by atoms with Gasteiger partial charge in [-0.25, -0.2) is 46.2 Å². The van der Waals surface area contributed by atoms with Crippen molar-refractivity contribution in [3.05, 3.63) is 137 Å². The zero-order chi connectivity index (χ0) is 51.9. The van der Waals surface area contributed by atoms with Crippen LogP contribution >= 0.6 is 15.9 Å². The van der Waals surface area contributed by atoms with E-state index in [4.69, 9.17) is 21.5 Å². The van der Waals surface area contributed by atoms with E-state index in [1.807, 2.05) is 9.44 Å². The standard InChI is InChI=1S/C22H21N5O5S.C14H13BrN4O4S.C8H10BNO3/c1-13(28)25-17-7-5-16(6-8-17)19-12-24-22(23)21(26-19)20(30)11-15-3-9-18(10-4-15)33(31,32)27-14(2)29;1-8(20)19-24(22,23)10-4-2-9(3-5-10)6-11(21)13-14(16)17-7-12(15)18-13;1-6(11)10-8-4-2-7(3-5-8)9(12)13/h3-10,12H,11H2,1-2H3,(H2,23,24)(H,25,28)(H,27,29);2-5,7H,6H2,1H3,(H2,16,17)(H,19,20);2-5,12-13H,1H3,(H,10,11). The summed E-state index contributed by atoms with van der Waals surface area (Å²) in [5.74, 6) is -2.48. The van der Waals surface area contributed by atoms with Gasteiger partial charge in [0.2, 0.25) is 23.6 Å². The molecule has 2 heterocycles. The molecule has 0 bridgehead atoms. The van der Waals surface area contributed by atoms with Crippen molar-refractivity contribution in [2.45, 2.75) is 50.3 Å². The molecular weight excluding hydrogens is 1020 g/mol. The highest BCUT2D eigenvalue weighted by Gasteiger charge is 2.20. The molecule has 0 aliphatic rings. The van der Waals surface area contributed by atoms with Gasteiger partial charge in [0.1, 0.15) is 16.0 Å². The van der Waals surface area contributed by atoms with E-state index in [0.717, 1.165) is 13.8 Å². The number of carbonyl (C=O) groups is 6. The minimum absolute atomic E-state index is 0.00613. The maximum absolute atomic E-state index is 12.8. The molecule has 364 valence electrons. The molecule has 0 atom stereocenters. The zero-order valence-electron chi connectivity index (χ0n) is 37.5. The first-order valence-corrected chi connectivity index (χ1v) is 23.9. The summed E-state index contributed by atoms with van der Waals surface area (Å²) < 4.78 is 51.9. The van der Waals surface area contributed by atoms with E-state index in [2.05, 4.69) is 46.5 Å². The Morgan fingerprint density at radius 2 is 0.943 bits per heavy atom. The number of sulfonamides is 2. The van der Waals surface area contributed by atoms with Gasteiger partial charge in [-0.05, 0) is 81.1 Å². The van der Waals surface area contributed by atoms with Gasteiger partial charge in [0.25, 0.3) is 20.0 Å². The molecule has 70 heavy (non-hydrogen) atoms. The third-order valence-electron chi connectivity index (χ3n) is 8.88. The van der Waals surface area contributed by atoms with E-state index < -0.39 is 44.8 Å². The van der Waals surface area contributed by atoms with Crippen molar-refractivity contribution in [2.75, 3.05) is 22.1 Å². The molecule has 6 aromatic rings. The summed E-state index contributed by atoms with van der Waals surface area (Å²) in [4.78, 5) is 84.9. The van der Waals surface area contributed by atoms with Gasteiger partial charge in [-0.1, -0.05) is 48.5 Å². The molecule has 0 aliphatic carbocycles. The molecular formula is C44H44BBrN10O12S2. The summed E-state index contributed by atoms with van der Waals surface area (Å²) in [5.41, 5.74) is 15.4. The summed E-state index contributed by atoms with van der Waals surface area (Å²) in [5, 5.41) is 22.8. The average Bonchev–Trinajstić information content (AvgIpc) is 3.27. The largest absolute Gasteiger partial charge is 0.488 e. The highest BCUT2D eigenvalue weighted by Crippen LogP contribution is 2.22. The van der Waals surface area contributed by atoms with Crippen molar-refractivity contribution < 1.29 is 55.7 Å². The summed E-state index contributed by atoms with van der Waals surface area (Å²) in [6.45, 7) is 5.02. The number of nitrogens with zero attached hydrogens (tertiary/aromatic N) is 4. The molecule has 0 saturated carbocycles. The van der Waals surface area contributed by atoms with Crippen LogP contribution in [0.1, 0.15) is 59.8 Å². The SMILES string of the molecule is CC(=O)NS(=O)(=O)c1ccc(CC(=O)c2nc(Br)cnc2N)cc1.CC(=O)Nc1ccc(-c2cnc(N)c(C(=O)Cc3ccc(S(=O)(=O)NC(C)=O)cc3)n2)cc1.CC(=O)Nc1ccc(B(O)O)cc1. The molecule has 0 radical (unpaired) electrons. The molecule has 0 spiro atoms. The van der Waals surface area contributed by atoms with Gasteiger partial charge in [-0.2, -0.15) is 0 Å². The number of aromatic nitrogens is 4. The van der Waals surface area contributed by atoms with E-state index in [0.29, 0.717) is 43.8 Å². The second-order valence-corrected chi connectivity index (χ2v) is 18.8. The van der Waals surface area contributed by atoms with Crippen LogP contribution in [0.15, 0.2) is 124 Å². The van der Waals surface area contributed by atoms with Crippen molar-refractivity contribution in [3.8, 4) is 11.3 Å². The molecule has 0 fully saturated rings. The molecule has 2 aromatic heterocycles. The number of halogens is 1. The number of nitrogen functional groups attached to an aromatic ring is 2. The predicted octanol–water partition coefficient (Wildman–Crippen LogP) is 2.33. The Labute approximate surface area is 410 Å². The zero-order valence-corrected chi connectivity index (χ0v) is 40.7. The predicted molar refractivity (Wildman–Crippen MR) is 262 cm³/mol. The molecule has 22 nitrogen and oxygen atoms in total. The molecule has 26 heteroatoms. The fraction of sp³-hybridized carbons (Fsp3) is 0.136. The third-order valence-corrected chi connectivity index (χ3v) is 12.2. The molecule has 10 N–H and O–H groups in total. The van der Waals surface area contributed by atoms with E-state index in [1.165, 1.54) is 86.9 Å². The number of Topliss-reactive ketones (excluding diaryl/α,β-unsaturated/α-hetero) is 2. The van der Waals surface area contributed by atoms with Gasteiger partial charge in [-0.15, -0.1) is 0 Å². The van der Waals surface area contributed by atoms with Gasteiger partial charge < -0.3 is 32.1 Å². The first-order valence-electron chi connectivity index (χ1n) is 20.2. The van der Waals surface area contributed by atoms with Crippen molar-refractivity contribution in [1.82, 2.24) is 29.4 Å². The number of carbonyl (C=O) groups excluding carboxylic acids is 6. The molecule has 4 aromatic carbocycles. The number of hydrogen-bond acceptors (Lipinski definition) is 18. The van der Waals surface area contributed by atoms with E-state index in [-0.39, 0.29) is 63.3 Å². The number of hydrogen-bond donors (Lipinski definition) is 8. The maximum Gasteiger partial charge on any atom is 0.488 e. The second-order valence-electron chi connectivity index (χ2n) is 14.7. The van der Waals surface area contributed by atoms with Crippen LogP contribution in [0, 0.1) is 0 Å². The number of nitrogens with one attached hydrogen (secondary N) is 4. The minimum atomic E-state index is -3.96. The number of ketones is 2. The fourth-order valence-electron chi connectivity index (χ4n) is 5.80. The van der Waals surface area contributed by atoms with Gasteiger partial charge in [0, 0.05) is 57.5 Å². The lowest BCUT2D eigenvalue weighted by molar-refractivity contribution is -0.118. The Hall–Kier alpha value is -7.78. The summed E-state index contributed by atoms with van der Waals surface area (Å²) in [6, 6.07) is 24.3. The number of rotatable bonds is 14. The van der Waals surface area contributed by atoms with Crippen LogP contribution in [0.25, 0.3) is 11.3 Å². The second kappa shape index (κ2) is 24.5. The first-order chi connectivity index (χ1) is 32.8. The minimum Gasteiger partial charge on any atom is -0.423 e. The fourth-order valence-corrected chi connectivity index (χ4v) is 8.06. The quantitative estimate of drug-likeness (QED) is 0.0573. The maximum atomic E-state index is 12.8. The Balaban J connectivity index is 0.000000251. The summed E-state index contributed by atoms with van der Waals surface area (Å²) in [6.07, 6.45) is 2.73. The van der Waals surface area contributed by atoms with Crippen molar-refractivity contribution in [1.29, 1.82) is 0 Å². The van der Waals surface area contributed by atoms with Gasteiger partial charge in [0.05, 0.1) is 27.9 Å². The van der Waals surface area contributed by atoms with E-state index >= 15 is 0 Å². The topological polar surface area (TPSA) is 363 Å². The van der Waals surface area contributed by atoms with Crippen LogP contribution in [-0.4, -0.2) is 89.1 Å². The molecule has 6 rings (SSSR count). The summed E-state index contributed by atoms with van der Waals surface area (Å²) in [7, 11) is -9.33. The summed E-state index contributed by atoms with van der Waals surface area (Å²) >= 11 is 3.12.